The molecule has 13 heteroatoms. The number of thiocarbonyl (C=S) groups is 1. The van der Waals surface area contributed by atoms with Crippen molar-refractivity contribution in [2.45, 2.75) is 23.1 Å². The summed E-state index contributed by atoms with van der Waals surface area (Å²) in [5.74, 6) is -0.646. The molecule has 0 radical (unpaired) electrons. The molecule has 1 saturated heterocycles. The second kappa shape index (κ2) is 11.3. The molecule has 1 aliphatic rings. The van der Waals surface area contributed by atoms with Crippen molar-refractivity contribution < 1.29 is 19.2 Å². The van der Waals surface area contributed by atoms with Crippen LogP contribution in [0.2, 0.25) is 5.02 Å². The molecule has 0 aliphatic carbocycles. The van der Waals surface area contributed by atoms with Crippen LogP contribution >= 0.6 is 46.9 Å². The lowest BCUT2D eigenvalue weighted by molar-refractivity contribution is -0.387. The third kappa shape index (κ3) is 5.56. The Bertz CT molecular complexity index is 1750. The highest BCUT2D eigenvalue weighted by Gasteiger charge is 2.35. The van der Waals surface area contributed by atoms with E-state index in [1.807, 2.05) is 32.0 Å². The maximum absolute atomic E-state index is 13.3. The van der Waals surface area contributed by atoms with Gasteiger partial charge in [-0.2, -0.15) is 0 Å². The summed E-state index contributed by atoms with van der Waals surface area (Å²) < 4.78 is 7.06. The quantitative estimate of drug-likeness (QED) is 0.0824. The molecule has 202 valence electrons. The van der Waals surface area contributed by atoms with Crippen molar-refractivity contribution in [3.63, 3.8) is 0 Å². The number of halogens is 1. The van der Waals surface area contributed by atoms with Gasteiger partial charge in [-0.3, -0.25) is 29.9 Å². The van der Waals surface area contributed by atoms with Gasteiger partial charge in [0, 0.05) is 11.1 Å². The van der Waals surface area contributed by atoms with E-state index in [2.05, 4.69) is 10.3 Å². The lowest BCUT2D eigenvalue weighted by Crippen LogP contribution is -2.54. The van der Waals surface area contributed by atoms with Crippen LogP contribution in [0.5, 0.6) is 5.75 Å². The van der Waals surface area contributed by atoms with Gasteiger partial charge in [-0.15, -0.1) is 11.3 Å². The number of aryl methyl sites for hydroxylation is 1. The van der Waals surface area contributed by atoms with Crippen LogP contribution in [-0.4, -0.2) is 33.4 Å². The largest absolute Gasteiger partial charge is 0.494 e. The Kier molecular flexibility index (Phi) is 7.86. The second-order valence-corrected chi connectivity index (χ2v) is 11.6. The van der Waals surface area contributed by atoms with E-state index in [4.69, 9.17) is 28.6 Å². The lowest BCUT2D eigenvalue weighted by Gasteiger charge is -2.29. The van der Waals surface area contributed by atoms with Crippen molar-refractivity contribution in [3.8, 4) is 5.75 Å². The SMILES string of the molecule is CCOc1ccc2nc(Sc3ccc(/C=C4\C(=O)NC(=S)N(c5ccc(C)c(Cl)c5)C4=O)cc3[N+](=O)[O-])sc2c1. The summed E-state index contributed by atoms with van der Waals surface area (Å²) in [5.41, 5.74) is 1.85. The predicted octanol–water partition coefficient (Wildman–Crippen LogP) is 6.55. The number of anilines is 1. The van der Waals surface area contributed by atoms with E-state index in [1.165, 1.54) is 23.5 Å². The summed E-state index contributed by atoms with van der Waals surface area (Å²) in [6, 6.07) is 15.0. The van der Waals surface area contributed by atoms with Gasteiger partial charge in [0.15, 0.2) is 9.45 Å². The van der Waals surface area contributed by atoms with Gasteiger partial charge in [0.25, 0.3) is 17.5 Å². The Morgan fingerprint density at radius 2 is 2.00 bits per heavy atom. The molecule has 40 heavy (non-hydrogen) atoms. The lowest BCUT2D eigenvalue weighted by atomic mass is 10.1. The highest BCUT2D eigenvalue weighted by molar-refractivity contribution is 8.01. The number of hydrogen-bond acceptors (Lipinski definition) is 9. The number of carbonyl (C=O) groups is 2. The molecule has 1 aliphatic heterocycles. The monoisotopic (exact) mass is 610 g/mol. The first kappa shape index (κ1) is 27.7. The molecule has 0 unspecified atom stereocenters. The van der Waals surface area contributed by atoms with Crippen LogP contribution in [0.15, 0.2) is 69.4 Å². The predicted molar refractivity (Wildman–Crippen MR) is 160 cm³/mol. The first-order valence-corrected chi connectivity index (χ1v) is 14.2. The molecule has 1 N–H and O–H groups in total. The minimum Gasteiger partial charge on any atom is -0.494 e. The fraction of sp³-hybridized carbons (Fsp3) is 0.111. The van der Waals surface area contributed by atoms with Crippen molar-refractivity contribution in [1.29, 1.82) is 0 Å². The second-order valence-electron chi connectivity index (χ2n) is 8.52. The van der Waals surface area contributed by atoms with Crippen LogP contribution in [0.3, 0.4) is 0 Å². The van der Waals surface area contributed by atoms with Crippen molar-refractivity contribution in [1.82, 2.24) is 10.3 Å². The number of fused-ring (bicyclic) bond motifs is 1. The number of nitrogens with zero attached hydrogens (tertiary/aromatic N) is 3. The van der Waals surface area contributed by atoms with Gasteiger partial charge in [-0.05, 0) is 79.7 Å². The minimum absolute atomic E-state index is 0.0889. The van der Waals surface area contributed by atoms with Crippen LogP contribution in [0.1, 0.15) is 18.1 Å². The van der Waals surface area contributed by atoms with Gasteiger partial charge in [-0.25, -0.2) is 4.98 Å². The number of aromatic nitrogens is 1. The Hall–Kier alpha value is -3.84. The molecule has 2 heterocycles. The standard InChI is InChI=1S/C27H19ClN4O5S3/c1-3-37-17-7-8-20-23(13-17)40-27(29-20)39-22-9-5-15(11-21(22)32(35)36)10-18-24(33)30-26(38)31(25(18)34)16-6-4-14(2)19(28)12-16/h4-13H,3H2,1-2H3,(H,30,33,38)/b18-10+. The van der Waals surface area contributed by atoms with Crippen molar-refractivity contribution in [2.75, 3.05) is 11.5 Å². The third-order valence-corrected chi connectivity index (χ3v) is 8.69. The van der Waals surface area contributed by atoms with Crippen LogP contribution in [0.4, 0.5) is 11.4 Å². The molecule has 2 amide bonds. The van der Waals surface area contributed by atoms with E-state index in [9.17, 15) is 19.7 Å². The fourth-order valence-corrected chi connectivity index (χ4v) is 6.50. The van der Waals surface area contributed by atoms with Crippen LogP contribution in [-0.2, 0) is 9.59 Å². The average molecular weight is 611 g/mol. The molecular weight excluding hydrogens is 592 g/mol. The molecule has 1 aromatic heterocycles. The van der Waals surface area contributed by atoms with E-state index in [0.717, 1.165) is 38.2 Å². The van der Waals surface area contributed by atoms with Crippen molar-refractivity contribution in [2.24, 2.45) is 0 Å². The maximum atomic E-state index is 13.3. The van der Waals surface area contributed by atoms with E-state index < -0.39 is 16.7 Å². The first-order valence-electron chi connectivity index (χ1n) is 11.8. The van der Waals surface area contributed by atoms with E-state index >= 15 is 0 Å². The number of rotatable bonds is 7. The van der Waals surface area contributed by atoms with Gasteiger partial charge in [0.2, 0.25) is 0 Å². The van der Waals surface area contributed by atoms with Crippen molar-refractivity contribution >= 4 is 91.5 Å². The number of ether oxygens (including phenoxy) is 1. The average Bonchev–Trinajstić information content (AvgIpc) is 3.31. The topological polar surface area (TPSA) is 115 Å². The third-order valence-electron chi connectivity index (χ3n) is 5.85. The molecule has 1 fully saturated rings. The summed E-state index contributed by atoms with van der Waals surface area (Å²) >= 11 is 14.0. The molecular formula is C27H19ClN4O5S3. The molecule has 0 saturated carbocycles. The smallest absolute Gasteiger partial charge is 0.283 e. The zero-order chi connectivity index (χ0) is 28.6. The highest BCUT2D eigenvalue weighted by Crippen LogP contribution is 2.40. The van der Waals surface area contributed by atoms with Gasteiger partial charge in [0.1, 0.15) is 11.3 Å². The zero-order valence-electron chi connectivity index (χ0n) is 21.0. The molecule has 0 spiro atoms. The van der Waals surface area contributed by atoms with Gasteiger partial charge >= 0.3 is 0 Å². The van der Waals surface area contributed by atoms with E-state index in [0.29, 0.717) is 32.1 Å². The summed E-state index contributed by atoms with van der Waals surface area (Å²) in [6.07, 6.45) is 1.30. The van der Waals surface area contributed by atoms with Gasteiger partial charge < -0.3 is 4.74 Å². The van der Waals surface area contributed by atoms with Crippen molar-refractivity contribution in [3.05, 3.63) is 86.4 Å². The minimum atomic E-state index is -0.702. The number of nitrogens with one attached hydrogen (secondary N) is 1. The van der Waals surface area contributed by atoms with E-state index in [1.54, 1.807) is 30.3 Å². The Labute approximate surface area is 246 Å². The maximum Gasteiger partial charge on any atom is 0.283 e. The Morgan fingerprint density at radius 3 is 2.73 bits per heavy atom. The zero-order valence-corrected chi connectivity index (χ0v) is 24.2. The first-order chi connectivity index (χ1) is 19.1. The normalized spacial score (nSPS) is 14.6. The number of nitro benzene ring substituents is 1. The molecule has 0 bridgehead atoms. The number of benzene rings is 3. The molecule has 5 rings (SSSR count). The van der Waals surface area contributed by atoms with Gasteiger partial charge in [-0.1, -0.05) is 35.5 Å². The van der Waals surface area contributed by atoms with Crippen LogP contribution < -0.4 is 15.0 Å². The molecule has 9 nitrogen and oxygen atoms in total. The molecule has 0 atom stereocenters. The molecule has 4 aromatic rings. The highest BCUT2D eigenvalue weighted by atomic mass is 35.5. The summed E-state index contributed by atoms with van der Waals surface area (Å²) in [5, 5.41) is 14.8. The number of hydrogen-bond donors (Lipinski definition) is 1. The fourth-order valence-electron chi connectivity index (χ4n) is 3.91. The Morgan fingerprint density at radius 1 is 1.20 bits per heavy atom. The summed E-state index contributed by atoms with van der Waals surface area (Å²) in [7, 11) is 0. The van der Waals surface area contributed by atoms with E-state index in [-0.39, 0.29) is 16.4 Å². The number of nitro groups is 1. The van der Waals surface area contributed by atoms with Gasteiger partial charge in [0.05, 0.1) is 32.3 Å². The summed E-state index contributed by atoms with van der Waals surface area (Å²) in [4.78, 5) is 43.6. The number of carbonyl (C=O) groups excluding carboxylic acids is 2. The van der Waals surface area contributed by atoms with Crippen LogP contribution in [0.25, 0.3) is 16.3 Å². The number of amides is 2. The number of thiazole rings is 1. The summed E-state index contributed by atoms with van der Waals surface area (Å²) in [6.45, 7) is 4.26. The Balaban J connectivity index is 1.45. The molecule has 3 aromatic carbocycles. The van der Waals surface area contributed by atoms with Crippen LogP contribution in [0, 0.1) is 17.0 Å².